The maximum absolute atomic E-state index is 6.00. The van der Waals surface area contributed by atoms with E-state index >= 15 is 0 Å². The molecule has 3 rings (SSSR count). The molecule has 21 heavy (non-hydrogen) atoms. The van der Waals surface area contributed by atoms with E-state index in [2.05, 4.69) is 40.5 Å². The number of ether oxygens (including phenoxy) is 1. The molecule has 0 saturated carbocycles. The molecule has 0 amide bonds. The maximum Gasteiger partial charge on any atom is 0.0642 e. The molecule has 0 aliphatic carbocycles. The van der Waals surface area contributed by atoms with Crippen LogP contribution in [-0.2, 0) is 11.3 Å². The van der Waals surface area contributed by atoms with Crippen molar-refractivity contribution in [2.45, 2.75) is 6.54 Å². The summed E-state index contributed by atoms with van der Waals surface area (Å²) >= 11 is 0. The molecule has 0 atom stereocenters. The van der Waals surface area contributed by atoms with Crippen LogP contribution in [0.2, 0.25) is 0 Å². The maximum atomic E-state index is 6.00. The highest BCUT2D eigenvalue weighted by atomic mass is 16.5. The molecular formula is C17H21N3O. The van der Waals surface area contributed by atoms with E-state index in [4.69, 9.17) is 10.5 Å². The second-order valence-electron chi connectivity index (χ2n) is 5.17. The summed E-state index contributed by atoms with van der Waals surface area (Å²) in [6.07, 6.45) is 0. The fraction of sp³-hybridized carbons (Fsp3) is 0.294. The van der Waals surface area contributed by atoms with Crippen molar-refractivity contribution in [3.05, 3.63) is 54.1 Å². The number of nitrogen functional groups attached to an aromatic ring is 1. The normalized spacial score (nSPS) is 15.0. The van der Waals surface area contributed by atoms with Crippen molar-refractivity contribution in [2.75, 3.05) is 42.3 Å². The minimum atomic E-state index is 0.730. The first-order chi connectivity index (χ1) is 10.3. The van der Waals surface area contributed by atoms with Gasteiger partial charge in [0.15, 0.2) is 0 Å². The van der Waals surface area contributed by atoms with Crippen molar-refractivity contribution in [3.63, 3.8) is 0 Å². The van der Waals surface area contributed by atoms with Gasteiger partial charge in [-0.2, -0.15) is 0 Å². The molecule has 1 saturated heterocycles. The van der Waals surface area contributed by atoms with Crippen LogP contribution in [0.3, 0.4) is 0 Å². The average molecular weight is 283 g/mol. The summed E-state index contributed by atoms with van der Waals surface area (Å²) < 4.78 is 5.43. The summed E-state index contributed by atoms with van der Waals surface area (Å²) in [4.78, 5) is 2.36. The Labute approximate surface area is 125 Å². The molecule has 0 radical (unpaired) electrons. The van der Waals surface area contributed by atoms with Crippen LogP contribution in [0.25, 0.3) is 0 Å². The number of benzene rings is 2. The summed E-state index contributed by atoms with van der Waals surface area (Å²) in [5.74, 6) is 0. The number of rotatable bonds is 4. The Morgan fingerprint density at radius 3 is 2.52 bits per heavy atom. The molecule has 4 heteroatoms. The third-order valence-corrected chi connectivity index (χ3v) is 3.78. The minimum Gasteiger partial charge on any atom is -0.398 e. The third kappa shape index (κ3) is 3.28. The molecule has 0 aromatic heterocycles. The van der Waals surface area contributed by atoms with Gasteiger partial charge in [-0.25, -0.2) is 0 Å². The Hall–Kier alpha value is -2.20. The fourth-order valence-corrected chi connectivity index (χ4v) is 2.59. The second-order valence-corrected chi connectivity index (χ2v) is 5.17. The van der Waals surface area contributed by atoms with Crippen LogP contribution >= 0.6 is 0 Å². The predicted molar refractivity (Wildman–Crippen MR) is 87.7 cm³/mol. The minimum absolute atomic E-state index is 0.730. The molecule has 110 valence electrons. The largest absolute Gasteiger partial charge is 0.398 e. The van der Waals surface area contributed by atoms with Gasteiger partial charge in [-0.3, -0.25) is 0 Å². The predicted octanol–water partition coefficient (Wildman–Crippen LogP) is 2.72. The van der Waals surface area contributed by atoms with Gasteiger partial charge in [0.25, 0.3) is 0 Å². The lowest BCUT2D eigenvalue weighted by Crippen LogP contribution is -2.36. The van der Waals surface area contributed by atoms with Crippen molar-refractivity contribution in [1.82, 2.24) is 0 Å². The van der Waals surface area contributed by atoms with Gasteiger partial charge in [0.05, 0.1) is 24.6 Å². The van der Waals surface area contributed by atoms with Gasteiger partial charge in [0.2, 0.25) is 0 Å². The Kier molecular flexibility index (Phi) is 4.26. The lowest BCUT2D eigenvalue weighted by atomic mass is 10.1. The average Bonchev–Trinajstić information content (AvgIpc) is 2.55. The number of hydrogen-bond acceptors (Lipinski definition) is 4. The van der Waals surface area contributed by atoms with Gasteiger partial charge in [0.1, 0.15) is 0 Å². The Balaban J connectivity index is 1.74. The van der Waals surface area contributed by atoms with Crippen molar-refractivity contribution in [3.8, 4) is 0 Å². The van der Waals surface area contributed by atoms with E-state index in [1.54, 1.807) is 0 Å². The van der Waals surface area contributed by atoms with E-state index in [-0.39, 0.29) is 0 Å². The standard InChI is InChI=1S/C17H21N3O/c18-15-6-2-1-5-14(15)13-19-16-7-3-4-8-17(16)20-9-11-21-12-10-20/h1-8,19H,9-13,18H2. The zero-order valence-electron chi connectivity index (χ0n) is 12.1. The second kappa shape index (κ2) is 6.50. The molecule has 1 aliphatic heterocycles. The van der Waals surface area contributed by atoms with E-state index < -0.39 is 0 Å². The van der Waals surface area contributed by atoms with E-state index in [1.807, 2.05) is 18.2 Å². The fourth-order valence-electron chi connectivity index (χ4n) is 2.59. The highest BCUT2D eigenvalue weighted by molar-refractivity contribution is 5.70. The quantitative estimate of drug-likeness (QED) is 0.847. The molecule has 0 bridgehead atoms. The molecule has 0 unspecified atom stereocenters. The monoisotopic (exact) mass is 283 g/mol. The van der Waals surface area contributed by atoms with Crippen molar-refractivity contribution >= 4 is 17.1 Å². The van der Waals surface area contributed by atoms with Gasteiger partial charge in [-0.05, 0) is 23.8 Å². The topological polar surface area (TPSA) is 50.5 Å². The van der Waals surface area contributed by atoms with Crippen molar-refractivity contribution < 1.29 is 4.74 Å². The molecule has 1 aliphatic rings. The smallest absolute Gasteiger partial charge is 0.0642 e. The van der Waals surface area contributed by atoms with Crippen molar-refractivity contribution in [1.29, 1.82) is 0 Å². The van der Waals surface area contributed by atoms with Crippen LogP contribution in [0.4, 0.5) is 17.1 Å². The number of anilines is 3. The number of nitrogens with one attached hydrogen (secondary N) is 1. The summed E-state index contributed by atoms with van der Waals surface area (Å²) in [6.45, 7) is 4.19. The summed E-state index contributed by atoms with van der Waals surface area (Å²) in [7, 11) is 0. The van der Waals surface area contributed by atoms with Crippen LogP contribution in [0.1, 0.15) is 5.56 Å². The molecule has 1 heterocycles. The highest BCUT2D eigenvalue weighted by Gasteiger charge is 2.14. The molecule has 2 aromatic carbocycles. The van der Waals surface area contributed by atoms with Crippen LogP contribution in [0, 0.1) is 0 Å². The Morgan fingerprint density at radius 2 is 1.71 bits per heavy atom. The number of morpholine rings is 1. The first kappa shape index (κ1) is 13.8. The zero-order chi connectivity index (χ0) is 14.5. The van der Waals surface area contributed by atoms with E-state index in [1.165, 1.54) is 5.69 Å². The summed E-state index contributed by atoms with van der Waals surface area (Å²) in [5, 5.41) is 3.51. The molecule has 2 aromatic rings. The number of para-hydroxylation sites is 3. The van der Waals surface area contributed by atoms with Gasteiger partial charge in [-0.15, -0.1) is 0 Å². The first-order valence-electron chi connectivity index (χ1n) is 7.33. The Morgan fingerprint density at radius 1 is 1.00 bits per heavy atom. The highest BCUT2D eigenvalue weighted by Crippen LogP contribution is 2.27. The van der Waals surface area contributed by atoms with Gasteiger partial charge >= 0.3 is 0 Å². The lowest BCUT2D eigenvalue weighted by Gasteiger charge is -2.30. The lowest BCUT2D eigenvalue weighted by molar-refractivity contribution is 0.123. The SMILES string of the molecule is Nc1ccccc1CNc1ccccc1N1CCOCC1. The van der Waals surface area contributed by atoms with Crippen LogP contribution in [0.5, 0.6) is 0 Å². The molecule has 1 fully saturated rings. The first-order valence-corrected chi connectivity index (χ1v) is 7.33. The summed E-state index contributed by atoms with van der Waals surface area (Å²) in [6, 6.07) is 16.4. The van der Waals surface area contributed by atoms with Gasteiger partial charge in [-0.1, -0.05) is 30.3 Å². The number of hydrogen-bond donors (Lipinski definition) is 2. The van der Waals surface area contributed by atoms with Crippen LogP contribution in [-0.4, -0.2) is 26.3 Å². The van der Waals surface area contributed by atoms with Crippen LogP contribution in [0.15, 0.2) is 48.5 Å². The van der Waals surface area contributed by atoms with Crippen molar-refractivity contribution in [2.24, 2.45) is 0 Å². The van der Waals surface area contributed by atoms with Gasteiger partial charge < -0.3 is 20.7 Å². The Bertz CT molecular complexity index is 594. The number of nitrogens with two attached hydrogens (primary N) is 1. The number of nitrogens with zero attached hydrogens (tertiary/aromatic N) is 1. The third-order valence-electron chi connectivity index (χ3n) is 3.78. The molecule has 3 N–H and O–H groups in total. The summed E-state index contributed by atoms with van der Waals surface area (Å²) in [5.41, 5.74) is 10.3. The molecule has 4 nitrogen and oxygen atoms in total. The van der Waals surface area contributed by atoms with E-state index in [0.717, 1.165) is 49.8 Å². The zero-order valence-corrected chi connectivity index (χ0v) is 12.1. The van der Waals surface area contributed by atoms with Crippen LogP contribution < -0.4 is 16.0 Å². The molecular weight excluding hydrogens is 262 g/mol. The van der Waals surface area contributed by atoms with E-state index in [0.29, 0.717) is 0 Å². The van der Waals surface area contributed by atoms with E-state index in [9.17, 15) is 0 Å². The van der Waals surface area contributed by atoms with Gasteiger partial charge in [0, 0.05) is 25.3 Å². The molecule has 0 spiro atoms.